The Hall–Kier alpha value is -3.17. The van der Waals surface area contributed by atoms with Gasteiger partial charge >= 0.3 is 0 Å². The molecule has 1 aliphatic heterocycles. The third kappa shape index (κ3) is 4.33. The van der Waals surface area contributed by atoms with Crippen LogP contribution in [0.5, 0.6) is 0 Å². The minimum absolute atomic E-state index is 0.0645. The molecule has 0 aromatic heterocycles. The van der Waals surface area contributed by atoms with Gasteiger partial charge in [0.1, 0.15) is 0 Å². The summed E-state index contributed by atoms with van der Waals surface area (Å²) in [6.45, 7) is 2.65. The van der Waals surface area contributed by atoms with Gasteiger partial charge in [0.05, 0.1) is 29.6 Å². The zero-order valence-corrected chi connectivity index (χ0v) is 15.5. The van der Waals surface area contributed by atoms with Crippen LogP contribution in [0.25, 0.3) is 0 Å². The van der Waals surface area contributed by atoms with E-state index in [1.165, 1.54) is 0 Å². The largest absolute Gasteiger partial charge is 0.324 e. The number of nitrogens with one attached hydrogen (secondary N) is 1. The molecule has 27 heavy (non-hydrogen) atoms. The maximum absolute atomic E-state index is 13.0. The van der Waals surface area contributed by atoms with E-state index >= 15 is 0 Å². The normalized spacial score (nSPS) is 16.3. The monoisotopic (exact) mass is 362 g/mol. The number of hydrogen-bond acceptors (Lipinski definition) is 4. The highest BCUT2D eigenvalue weighted by Crippen LogP contribution is 2.31. The van der Waals surface area contributed by atoms with Crippen molar-refractivity contribution in [2.24, 2.45) is 0 Å². The molecule has 0 saturated heterocycles. The number of carbonyl (C=O) groups excluding carboxylic acids is 2. The second kappa shape index (κ2) is 8.02. The third-order valence-electron chi connectivity index (χ3n) is 4.54. The summed E-state index contributed by atoms with van der Waals surface area (Å²) < 4.78 is 0. The van der Waals surface area contributed by atoms with Gasteiger partial charge in [0.2, 0.25) is 11.8 Å². The van der Waals surface area contributed by atoms with Gasteiger partial charge in [0.25, 0.3) is 0 Å². The quantitative estimate of drug-likeness (QED) is 0.907. The second-order valence-electron chi connectivity index (χ2n) is 6.87. The van der Waals surface area contributed by atoms with E-state index in [4.69, 9.17) is 5.26 Å². The third-order valence-corrected chi connectivity index (χ3v) is 4.54. The lowest BCUT2D eigenvalue weighted by atomic mass is 10.1. The summed E-state index contributed by atoms with van der Waals surface area (Å²) >= 11 is 0. The van der Waals surface area contributed by atoms with Crippen LogP contribution in [-0.4, -0.2) is 36.3 Å². The van der Waals surface area contributed by atoms with Gasteiger partial charge in [-0.2, -0.15) is 5.26 Å². The summed E-state index contributed by atoms with van der Waals surface area (Å²) in [7, 11) is 1.87. The molecule has 2 aromatic carbocycles. The summed E-state index contributed by atoms with van der Waals surface area (Å²) in [4.78, 5) is 28.7. The molecule has 0 saturated carbocycles. The van der Waals surface area contributed by atoms with Gasteiger partial charge in [-0.1, -0.05) is 24.3 Å². The van der Waals surface area contributed by atoms with E-state index in [0.717, 1.165) is 11.3 Å². The highest BCUT2D eigenvalue weighted by atomic mass is 16.2. The predicted octanol–water partition coefficient (Wildman–Crippen LogP) is 2.75. The molecule has 2 aromatic rings. The van der Waals surface area contributed by atoms with Crippen molar-refractivity contribution in [2.75, 3.05) is 23.8 Å². The Morgan fingerprint density at radius 3 is 2.85 bits per heavy atom. The lowest BCUT2D eigenvalue weighted by Gasteiger charge is -2.29. The molecule has 6 nitrogen and oxygen atoms in total. The number of amides is 2. The number of nitriles is 1. The molecule has 6 heteroatoms. The molecule has 0 unspecified atom stereocenters. The number of carbonyl (C=O) groups is 2. The molecule has 0 fully saturated rings. The van der Waals surface area contributed by atoms with E-state index in [9.17, 15) is 9.59 Å². The number of fused-ring (bicyclic) bond motifs is 1. The maximum atomic E-state index is 13.0. The summed E-state index contributed by atoms with van der Waals surface area (Å²) in [6, 6.07) is 16.6. The first-order valence-corrected chi connectivity index (χ1v) is 8.86. The molecule has 3 rings (SSSR count). The molecular weight excluding hydrogens is 340 g/mol. The molecule has 2 amide bonds. The van der Waals surface area contributed by atoms with Crippen LogP contribution in [0.3, 0.4) is 0 Å². The Balaban J connectivity index is 1.76. The van der Waals surface area contributed by atoms with Crippen LogP contribution >= 0.6 is 0 Å². The van der Waals surface area contributed by atoms with Gasteiger partial charge in [0, 0.05) is 19.0 Å². The zero-order chi connectivity index (χ0) is 19.4. The Morgan fingerprint density at radius 2 is 2.07 bits per heavy atom. The predicted molar refractivity (Wildman–Crippen MR) is 104 cm³/mol. The Kier molecular flexibility index (Phi) is 5.53. The van der Waals surface area contributed by atoms with E-state index in [1.807, 2.05) is 61.3 Å². The number of para-hydroxylation sites is 2. The number of hydrogen-bond donors (Lipinski definition) is 1. The smallest absolute Gasteiger partial charge is 0.241 e. The van der Waals surface area contributed by atoms with E-state index in [1.54, 1.807) is 11.0 Å². The average Bonchev–Trinajstić information content (AvgIpc) is 2.75. The van der Waals surface area contributed by atoms with Crippen LogP contribution in [-0.2, 0) is 16.1 Å². The van der Waals surface area contributed by atoms with Crippen molar-refractivity contribution in [3.63, 3.8) is 0 Å². The highest BCUT2D eigenvalue weighted by Gasteiger charge is 2.29. The minimum atomic E-state index is -0.225. The number of anilines is 2. The van der Waals surface area contributed by atoms with E-state index < -0.39 is 0 Å². The molecule has 138 valence electrons. The van der Waals surface area contributed by atoms with Gasteiger partial charge in [-0.05, 0) is 43.8 Å². The Bertz CT molecular complexity index is 903. The fourth-order valence-corrected chi connectivity index (χ4v) is 3.38. The highest BCUT2D eigenvalue weighted by molar-refractivity contribution is 6.04. The van der Waals surface area contributed by atoms with Crippen molar-refractivity contribution in [3.8, 4) is 6.07 Å². The topological polar surface area (TPSA) is 76.4 Å². The van der Waals surface area contributed by atoms with Crippen molar-refractivity contribution in [1.29, 1.82) is 5.26 Å². The van der Waals surface area contributed by atoms with Gasteiger partial charge in [-0.25, -0.2) is 0 Å². The Morgan fingerprint density at radius 1 is 1.30 bits per heavy atom. The first-order chi connectivity index (χ1) is 13.0. The first-order valence-electron chi connectivity index (χ1n) is 8.86. The molecular formula is C21H22N4O2. The fourth-order valence-electron chi connectivity index (χ4n) is 3.38. The lowest BCUT2D eigenvalue weighted by molar-refractivity contribution is -0.120. The number of rotatable bonds is 4. The summed E-state index contributed by atoms with van der Waals surface area (Å²) in [5, 5.41) is 11.9. The van der Waals surface area contributed by atoms with Crippen LogP contribution in [0.2, 0.25) is 0 Å². The first kappa shape index (κ1) is 18.6. The fraction of sp³-hybridized carbons (Fsp3) is 0.286. The van der Waals surface area contributed by atoms with Crippen LogP contribution < -0.4 is 10.2 Å². The molecule has 0 radical (unpaired) electrons. The standard InChI is InChI=1S/C21H22N4O2/c1-15-10-20(26)23-18-8-3-4-9-19(18)25(15)21(27)14-24(2)13-17-7-5-6-16(11-17)12-22/h3-9,11,15H,10,13-14H2,1-2H3,(H,23,26)/t15-/m0/s1. The number of likely N-dealkylation sites (N-methyl/N-ethyl adjacent to an activating group) is 1. The van der Waals surface area contributed by atoms with Crippen molar-refractivity contribution in [2.45, 2.75) is 25.9 Å². The van der Waals surface area contributed by atoms with E-state index in [2.05, 4.69) is 11.4 Å². The van der Waals surface area contributed by atoms with Gasteiger partial charge in [-0.15, -0.1) is 0 Å². The molecule has 0 spiro atoms. The maximum Gasteiger partial charge on any atom is 0.241 e. The van der Waals surface area contributed by atoms with Gasteiger partial charge in [0.15, 0.2) is 0 Å². The van der Waals surface area contributed by atoms with Crippen molar-refractivity contribution >= 4 is 23.2 Å². The zero-order valence-electron chi connectivity index (χ0n) is 15.5. The van der Waals surface area contributed by atoms with Crippen LogP contribution in [0.4, 0.5) is 11.4 Å². The minimum Gasteiger partial charge on any atom is -0.324 e. The van der Waals surface area contributed by atoms with Gasteiger partial charge in [-0.3, -0.25) is 14.5 Å². The SMILES string of the molecule is C[C@H]1CC(=O)Nc2ccccc2N1C(=O)CN(C)Cc1cccc(C#N)c1. The molecule has 0 aliphatic carbocycles. The van der Waals surface area contributed by atoms with E-state index in [-0.39, 0.29) is 30.8 Å². The molecule has 1 heterocycles. The lowest BCUT2D eigenvalue weighted by Crippen LogP contribution is -2.44. The molecule has 1 N–H and O–H groups in total. The van der Waals surface area contributed by atoms with E-state index in [0.29, 0.717) is 17.8 Å². The summed E-state index contributed by atoms with van der Waals surface area (Å²) in [6.07, 6.45) is 0.258. The molecule has 0 bridgehead atoms. The van der Waals surface area contributed by atoms with Crippen LogP contribution in [0.1, 0.15) is 24.5 Å². The number of benzene rings is 2. The van der Waals surface area contributed by atoms with Gasteiger partial charge < -0.3 is 10.2 Å². The molecule has 1 atom stereocenters. The van der Waals surface area contributed by atoms with Crippen molar-refractivity contribution < 1.29 is 9.59 Å². The Labute approximate surface area is 159 Å². The van der Waals surface area contributed by atoms with Crippen molar-refractivity contribution in [1.82, 2.24) is 4.90 Å². The van der Waals surface area contributed by atoms with Crippen LogP contribution in [0, 0.1) is 11.3 Å². The summed E-state index contributed by atoms with van der Waals surface area (Å²) in [5.74, 6) is -0.155. The summed E-state index contributed by atoms with van der Waals surface area (Å²) in [5.41, 5.74) is 2.96. The van der Waals surface area contributed by atoms with Crippen LogP contribution in [0.15, 0.2) is 48.5 Å². The van der Waals surface area contributed by atoms with Crippen molar-refractivity contribution in [3.05, 3.63) is 59.7 Å². The average molecular weight is 362 g/mol. The second-order valence-corrected chi connectivity index (χ2v) is 6.87. The molecule has 1 aliphatic rings. The number of nitrogens with zero attached hydrogens (tertiary/aromatic N) is 3.